The molecule has 1 amide bonds. The summed E-state index contributed by atoms with van der Waals surface area (Å²) in [6.45, 7) is 6.56. The van der Waals surface area contributed by atoms with E-state index in [1.165, 1.54) is 5.56 Å². The second-order valence-electron chi connectivity index (χ2n) is 6.67. The molecule has 1 aromatic rings. The number of nitrogens with one attached hydrogen (secondary N) is 1. The van der Waals surface area contributed by atoms with Gasteiger partial charge in [0.15, 0.2) is 6.10 Å². The minimum absolute atomic E-state index is 0. The van der Waals surface area contributed by atoms with E-state index < -0.39 is 6.10 Å². The summed E-state index contributed by atoms with van der Waals surface area (Å²) in [5, 5.41) is 3.11. The molecule has 4 nitrogen and oxygen atoms in total. The molecule has 1 aliphatic carbocycles. The van der Waals surface area contributed by atoms with Crippen molar-refractivity contribution in [2.24, 2.45) is 5.73 Å². The predicted octanol–water partition coefficient (Wildman–Crippen LogP) is 3.39. The number of amides is 1. The molecular formula is C18H29ClN2O2. The number of rotatable bonds is 6. The Labute approximate surface area is 145 Å². The van der Waals surface area contributed by atoms with Crippen LogP contribution in [0.1, 0.15) is 57.9 Å². The Kier molecular flexibility index (Phi) is 7.36. The summed E-state index contributed by atoms with van der Waals surface area (Å²) in [6.07, 6.45) is 3.66. The highest BCUT2D eigenvalue weighted by Crippen LogP contribution is 2.29. The Morgan fingerprint density at radius 3 is 2.52 bits per heavy atom. The Bertz CT molecular complexity index is 513. The maximum absolute atomic E-state index is 12.4. The lowest BCUT2D eigenvalue weighted by Crippen LogP contribution is -2.54. The van der Waals surface area contributed by atoms with E-state index in [9.17, 15) is 4.79 Å². The topological polar surface area (TPSA) is 64.3 Å². The van der Waals surface area contributed by atoms with Gasteiger partial charge >= 0.3 is 0 Å². The molecule has 23 heavy (non-hydrogen) atoms. The molecule has 0 radical (unpaired) electrons. The van der Waals surface area contributed by atoms with Gasteiger partial charge in [0.05, 0.1) is 5.54 Å². The summed E-state index contributed by atoms with van der Waals surface area (Å²) in [6, 6.07) is 7.94. The second kappa shape index (κ2) is 8.55. The molecule has 3 N–H and O–H groups in total. The molecule has 0 bridgehead atoms. The molecule has 1 saturated carbocycles. The summed E-state index contributed by atoms with van der Waals surface area (Å²) in [5.41, 5.74) is 6.85. The molecule has 1 aliphatic rings. The van der Waals surface area contributed by atoms with Gasteiger partial charge in [-0.2, -0.15) is 0 Å². The van der Waals surface area contributed by atoms with E-state index in [-0.39, 0.29) is 23.9 Å². The third-order valence-corrected chi connectivity index (χ3v) is 4.55. The summed E-state index contributed by atoms with van der Waals surface area (Å²) in [7, 11) is 0. The van der Waals surface area contributed by atoms with Gasteiger partial charge in [-0.3, -0.25) is 4.79 Å². The van der Waals surface area contributed by atoms with Crippen molar-refractivity contribution in [2.75, 3.05) is 6.54 Å². The van der Waals surface area contributed by atoms with Crippen molar-refractivity contribution in [3.05, 3.63) is 29.8 Å². The molecule has 0 spiro atoms. The molecule has 0 aliphatic heterocycles. The number of carbonyl (C=O) groups is 1. The lowest BCUT2D eigenvalue weighted by atomic mass is 9.97. The molecule has 1 aromatic carbocycles. The van der Waals surface area contributed by atoms with Crippen LogP contribution in [0.25, 0.3) is 0 Å². The monoisotopic (exact) mass is 340 g/mol. The first-order chi connectivity index (χ1) is 10.5. The van der Waals surface area contributed by atoms with Crippen molar-refractivity contribution in [1.82, 2.24) is 5.32 Å². The Morgan fingerprint density at radius 1 is 1.30 bits per heavy atom. The maximum Gasteiger partial charge on any atom is 0.261 e. The van der Waals surface area contributed by atoms with Crippen LogP contribution in [-0.2, 0) is 4.79 Å². The smallest absolute Gasteiger partial charge is 0.261 e. The van der Waals surface area contributed by atoms with Crippen LogP contribution in [0, 0.1) is 0 Å². The van der Waals surface area contributed by atoms with Crippen molar-refractivity contribution < 1.29 is 9.53 Å². The van der Waals surface area contributed by atoms with E-state index in [0.29, 0.717) is 12.5 Å². The van der Waals surface area contributed by atoms with E-state index in [0.717, 1.165) is 31.4 Å². The zero-order chi connectivity index (χ0) is 16.2. The predicted molar refractivity (Wildman–Crippen MR) is 96.3 cm³/mol. The second-order valence-corrected chi connectivity index (χ2v) is 6.67. The number of carbonyl (C=O) groups excluding carboxylic acids is 1. The third kappa shape index (κ3) is 5.11. The first-order valence-electron chi connectivity index (χ1n) is 8.24. The first kappa shape index (κ1) is 19.8. The van der Waals surface area contributed by atoms with Gasteiger partial charge in [-0.15, -0.1) is 12.4 Å². The normalized spacial score (nSPS) is 17.4. The number of nitrogens with two attached hydrogens (primary N) is 1. The zero-order valence-electron chi connectivity index (χ0n) is 14.3. The number of hydrogen-bond acceptors (Lipinski definition) is 3. The van der Waals surface area contributed by atoms with Crippen LogP contribution in [0.15, 0.2) is 24.3 Å². The van der Waals surface area contributed by atoms with Gasteiger partial charge in [0.2, 0.25) is 0 Å². The highest BCUT2D eigenvalue weighted by Gasteiger charge is 2.35. The third-order valence-electron chi connectivity index (χ3n) is 4.55. The van der Waals surface area contributed by atoms with Crippen molar-refractivity contribution in [1.29, 1.82) is 0 Å². The lowest BCUT2D eigenvalue weighted by molar-refractivity contribution is -0.129. The number of benzene rings is 1. The van der Waals surface area contributed by atoms with Gasteiger partial charge in [0, 0.05) is 6.54 Å². The van der Waals surface area contributed by atoms with Crippen LogP contribution < -0.4 is 15.8 Å². The van der Waals surface area contributed by atoms with Crippen LogP contribution in [0.4, 0.5) is 0 Å². The summed E-state index contributed by atoms with van der Waals surface area (Å²) in [5.74, 6) is 1.09. The van der Waals surface area contributed by atoms with Crippen molar-refractivity contribution in [3.63, 3.8) is 0 Å². The van der Waals surface area contributed by atoms with Gasteiger partial charge in [-0.1, -0.05) is 38.8 Å². The van der Waals surface area contributed by atoms with E-state index in [1.54, 1.807) is 6.92 Å². The largest absolute Gasteiger partial charge is 0.481 e. The van der Waals surface area contributed by atoms with Crippen LogP contribution in [0.3, 0.4) is 0 Å². The van der Waals surface area contributed by atoms with Crippen molar-refractivity contribution in [3.8, 4) is 5.75 Å². The number of halogens is 1. The van der Waals surface area contributed by atoms with E-state index >= 15 is 0 Å². The molecule has 0 heterocycles. The van der Waals surface area contributed by atoms with E-state index in [1.807, 2.05) is 18.2 Å². The highest BCUT2D eigenvalue weighted by molar-refractivity contribution is 5.85. The molecular weight excluding hydrogens is 312 g/mol. The maximum atomic E-state index is 12.4. The fourth-order valence-electron chi connectivity index (χ4n) is 3.00. The molecule has 0 saturated heterocycles. The SMILES string of the molecule is CC(Oc1cccc(C(C)C)c1)C(=O)NC1(CN)CCCC1.Cl. The quantitative estimate of drug-likeness (QED) is 0.834. The number of ether oxygens (including phenoxy) is 1. The Morgan fingerprint density at radius 2 is 1.96 bits per heavy atom. The van der Waals surface area contributed by atoms with Gasteiger partial charge in [0.1, 0.15) is 5.75 Å². The Balaban J connectivity index is 0.00000264. The van der Waals surface area contributed by atoms with Crippen LogP contribution >= 0.6 is 12.4 Å². The minimum Gasteiger partial charge on any atom is -0.481 e. The molecule has 130 valence electrons. The average molecular weight is 341 g/mol. The lowest BCUT2D eigenvalue weighted by Gasteiger charge is -2.30. The molecule has 1 unspecified atom stereocenters. The molecule has 1 atom stereocenters. The number of hydrogen-bond donors (Lipinski definition) is 2. The van der Waals surface area contributed by atoms with Crippen molar-refractivity contribution in [2.45, 2.75) is 64.0 Å². The van der Waals surface area contributed by atoms with Crippen LogP contribution in [0.5, 0.6) is 5.75 Å². The van der Waals surface area contributed by atoms with E-state index in [4.69, 9.17) is 10.5 Å². The molecule has 0 aromatic heterocycles. The first-order valence-corrected chi connectivity index (χ1v) is 8.24. The molecule has 5 heteroatoms. The summed E-state index contributed by atoms with van der Waals surface area (Å²) < 4.78 is 5.81. The minimum atomic E-state index is -0.522. The standard InChI is InChI=1S/C18H28N2O2.ClH/c1-13(2)15-7-6-8-16(11-15)22-14(3)17(21)20-18(12-19)9-4-5-10-18;/h6-8,11,13-14H,4-5,9-10,12,19H2,1-3H3,(H,20,21);1H. The Hall–Kier alpha value is -1.26. The van der Waals surface area contributed by atoms with Crippen LogP contribution in [0.2, 0.25) is 0 Å². The fourth-order valence-corrected chi connectivity index (χ4v) is 3.00. The van der Waals surface area contributed by atoms with Gasteiger partial charge < -0.3 is 15.8 Å². The molecule has 2 rings (SSSR count). The van der Waals surface area contributed by atoms with Gasteiger partial charge in [-0.25, -0.2) is 0 Å². The van der Waals surface area contributed by atoms with Crippen molar-refractivity contribution >= 4 is 18.3 Å². The van der Waals surface area contributed by atoms with Crippen LogP contribution in [-0.4, -0.2) is 24.1 Å². The molecule has 1 fully saturated rings. The van der Waals surface area contributed by atoms with Gasteiger partial charge in [0.25, 0.3) is 5.91 Å². The average Bonchev–Trinajstić information content (AvgIpc) is 2.96. The van der Waals surface area contributed by atoms with Gasteiger partial charge in [-0.05, 0) is 43.4 Å². The highest BCUT2D eigenvalue weighted by atomic mass is 35.5. The van der Waals surface area contributed by atoms with E-state index in [2.05, 4.69) is 25.2 Å². The fraction of sp³-hybridized carbons (Fsp3) is 0.611. The zero-order valence-corrected chi connectivity index (χ0v) is 15.1. The summed E-state index contributed by atoms with van der Waals surface area (Å²) >= 11 is 0. The summed E-state index contributed by atoms with van der Waals surface area (Å²) in [4.78, 5) is 12.4.